The van der Waals surface area contributed by atoms with Crippen molar-refractivity contribution in [1.82, 2.24) is 24.9 Å². The number of hydrogen-bond acceptors (Lipinski definition) is 10. The highest BCUT2D eigenvalue weighted by atomic mass is 32.2. The van der Waals surface area contributed by atoms with Crippen molar-refractivity contribution in [2.75, 3.05) is 24.3 Å². The van der Waals surface area contributed by atoms with Crippen LogP contribution in [0.3, 0.4) is 0 Å². The normalized spacial score (nSPS) is 20.3. The summed E-state index contributed by atoms with van der Waals surface area (Å²) in [6.45, 7) is 7.71. The molecule has 0 bridgehead atoms. The summed E-state index contributed by atoms with van der Waals surface area (Å²) in [6, 6.07) is 10.3. The monoisotopic (exact) mass is 680 g/mol. The van der Waals surface area contributed by atoms with Gasteiger partial charge in [-0.2, -0.15) is 0 Å². The van der Waals surface area contributed by atoms with E-state index in [1.807, 2.05) is 37.5 Å². The molecule has 0 amide bonds. The number of rotatable bonds is 8. The van der Waals surface area contributed by atoms with Crippen molar-refractivity contribution in [3.8, 4) is 21.7 Å². The Morgan fingerprint density at radius 1 is 1.02 bits per heavy atom. The van der Waals surface area contributed by atoms with Gasteiger partial charge in [0.05, 0.1) is 38.5 Å². The van der Waals surface area contributed by atoms with Gasteiger partial charge in [0.2, 0.25) is 0 Å². The smallest absolute Gasteiger partial charge is 0.181 e. The first kappa shape index (κ1) is 31.5. The van der Waals surface area contributed by atoms with Gasteiger partial charge in [-0.25, -0.2) is 23.4 Å². The molecular weight excluding hydrogens is 641 g/mol. The van der Waals surface area contributed by atoms with Crippen molar-refractivity contribution in [3.05, 3.63) is 77.4 Å². The summed E-state index contributed by atoms with van der Waals surface area (Å²) in [5.74, 6) is 1.37. The van der Waals surface area contributed by atoms with Gasteiger partial charge in [0.25, 0.3) is 0 Å². The molecule has 5 aromatic rings. The van der Waals surface area contributed by atoms with Crippen molar-refractivity contribution in [2.24, 2.45) is 11.8 Å². The second kappa shape index (κ2) is 12.6. The van der Waals surface area contributed by atoms with Gasteiger partial charge in [0, 0.05) is 58.9 Å². The molecule has 248 valence electrons. The third kappa shape index (κ3) is 5.69. The molecule has 0 aromatic carbocycles. The van der Waals surface area contributed by atoms with Crippen LogP contribution in [-0.2, 0) is 27.4 Å². The van der Waals surface area contributed by atoms with E-state index < -0.39 is 9.84 Å². The first-order chi connectivity index (χ1) is 23.3. The zero-order chi connectivity index (χ0) is 33.0. The molecule has 0 saturated carbocycles. The van der Waals surface area contributed by atoms with Gasteiger partial charge >= 0.3 is 0 Å². The summed E-state index contributed by atoms with van der Waals surface area (Å²) in [4.78, 5) is 25.1. The number of ether oxygens (including phenoxy) is 1. The predicted molar refractivity (Wildman–Crippen MR) is 189 cm³/mol. The van der Waals surface area contributed by atoms with Crippen molar-refractivity contribution in [3.63, 3.8) is 0 Å². The standard InChI is InChI=1S/C37H40N6O3S2/c1-21(2)26-19-48(44,45)36-33(31-18-24-10-14-39-37(35(24)47-31)43-28-9-8-27-25(28)5-4-13-38-27)32(30-17-22(3)40-20-41-30)29(42-34(26)36)7-6-23-11-15-46-16-12-23/h4-5,10,13-14,17-18,20-21,23,26,28H,6-9,11-12,15-16,19H2,1-3H3,(H,39,43)/t26-,28+/m1/s1. The van der Waals surface area contributed by atoms with Crippen LogP contribution in [0.25, 0.3) is 31.8 Å². The number of thiophene rings is 1. The zero-order valence-electron chi connectivity index (χ0n) is 27.6. The molecule has 8 rings (SSSR count). The fraction of sp³-hybridized carbons (Fsp3) is 0.432. The van der Waals surface area contributed by atoms with Gasteiger partial charge in [-0.15, -0.1) is 11.3 Å². The largest absolute Gasteiger partial charge is 0.381 e. The maximum atomic E-state index is 14.2. The Balaban J connectivity index is 1.33. The quantitative estimate of drug-likeness (QED) is 0.178. The van der Waals surface area contributed by atoms with E-state index in [0.29, 0.717) is 22.2 Å². The number of anilines is 1. The molecule has 0 radical (unpaired) electrons. The second-order valence-electron chi connectivity index (χ2n) is 13.8. The van der Waals surface area contributed by atoms with E-state index in [0.717, 1.165) is 101 Å². The van der Waals surface area contributed by atoms with Crippen LogP contribution in [0.4, 0.5) is 5.82 Å². The SMILES string of the molecule is Cc1cc(-c2c(CCC3CCOCC3)nc3c(c2-c2cc4ccnc(N[C@H]5CCc6ncccc65)c4s2)S(=O)(=O)C[C@@H]3C(C)C)ncn1. The second-order valence-corrected chi connectivity index (χ2v) is 16.8. The number of fused-ring (bicyclic) bond motifs is 3. The Morgan fingerprint density at radius 3 is 2.69 bits per heavy atom. The summed E-state index contributed by atoms with van der Waals surface area (Å²) in [6.07, 6.45) is 10.9. The lowest BCUT2D eigenvalue weighted by atomic mass is 9.88. The van der Waals surface area contributed by atoms with Crippen LogP contribution in [0.5, 0.6) is 0 Å². The van der Waals surface area contributed by atoms with E-state index >= 15 is 0 Å². The van der Waals surface area contributed by atoms with Crippen molar-refractivity contribution >= 4 is 37.1 Å². The number of nitrogens with zero attached hydrogens (tertiary/aromatic N) is 5. The first-order valence-electron chi connectivity index (χ1n) is 17.0. The number of nitrogens with one attached hydrogen (secondary N) is 1. The van der Waals surface area contributed by atoms with Gasteiger partial charge in [-0.1, -0.05) is 19.9 Å². The molecule has 3 aliphatic rings. The minimum atomic E-state index is -3.63. The Labute approximate surface area is 285 Å². The number of aryl methyl sites for hydroxylation is 3. The van der Waals surface area contributed by atoms with Crippen LogP contribution in [0.2, 0.25) is 0 Å². The maximum Gasteiger partial charge on any atom is 0.181 e. The summed E-state index contributed by atoms with van der Waals surface area (Å²) in [5.41, 5.74) is 7.03. The lowest BCUT2D eigenvalue weighted by Crippen LogP contribution is -2.17. The number of hydrogen-bond donors (Lipinski definition) is 1. The lowest BCUT2D eigenvalue weighted by molar-refractivity contribution is 0.0639. The topological polar surface area (TPSA) is 120 Å². The van der Waals surface area contributed by atoms with Gasteiger partial charge in [0.15, 0.2) is 9.84 Å². The Kier molecular flexibility index (Phi) is 8.25. The van der Waals surface area contributed by atoms with Crippen LogP contribution in [0.15, 0.2) is 53.9 Å². The Morgan fingerprint density at radius 2 is 1.88 bits per heavy atom. The summed E-state index contributed by atoms with van der Waals surface area (Å²) < 4.78 is 35.1. The van der Waals surface area contributed by atoms with Crippen molar-refractivity contribution < 1.29 is 13.2 Å². The van der Waals surface area contributed by atoms with Gasteiger partial charge < -0.3 is 10.1 Å². The molecule has 48 heavy (non-hydrogen) atoms. The van der Waals surface area contributed by atoms with Gasteiger partial charge in [-0.3, -0.25) is 9.97 Å². The Hall–Kier alpha value is -3.80. The van der Waals surface area contributed by atoms with E-state index in [9.17, 15) is 8.42 Å². The lowest BCUT2D eigenvalue weighted by Gasteiger charge is -2.23. The molecule has 2 atom stereocenters. The molecule has 1 N–H and O–H groups in total. The molecule has 5 aromatic heterocycles. The Bertz CT molecular complexity index is 2120. The van der Waals surface area contributed by atoms with Crippen molar-refractivity contribution in [2.45, 2.75) is 76.2 Å². The van der Waals surface area contributed by atoms with E-state index in [4.69, 9.17) is 19.7 Å². The van der Waals surface area contributed by atoms with E-state index in [1.165, 1.54) is 5.56 Å². The van der Waals surface area contributed by atoms with Gasteiger partial charge in [0.1, 0.15) is 12.1 Å². The average molecular weight is 681 g/mol. The van der Waals surface area contributed by atoms with Crippen molar-refractivity contribution in [1.29, 1.82) is 0 Å². The van der Waals surface area contributed by atoms with Crippen LogP contribution < -0.4 is 5.32 Å². The van der Waals surface area contributed by atoms with Crippen LogP contribution in [0, 0.1) is 18.8 Å². The molecular formula is C37H40N6O3S2. The molecule has 7 heterocycles. The zero-order valence-corrected chi connectivity index (χ0v) is 29.2. The van der Waals surface area contributed by atoms with Crippen LogP contribution >= 0.6 is 11.3 Å². The number of sulfone groups is 1. The molecule has 11 heteroatoms. The highest BCUT2D eigenvalue weighted by molar-refractivity contribution is 7.92. The number of aromatic nitrogens is 5. The van der Waals surface area contributed by atoms with E-state index in [1.54, 1.807) is 17.7 Å². The highest BCUT2D eigenvalue weighted by Gasteiger charge is 2.42. The summed E-state index contributed by atoms with van der Waals surface area (Å²) in [5, 5.41) is 4.74. The molecule has 0 unspecified atom stereocenters. The van der Waals surface area contributed by atoms with Crippen LogP contribution in [-0.4, -0.2) is 52.3 Å². The highest BCUT2D eigenvalue weighted by Crippen LogP contribution is 2.51. The molecule has 9 nitrogen and oxygen atoms in total. The predicted octanol–water partition coefficient (Wildman–Crippen LogP) is 7.50. The molecule has 1 saturated heterocycles. The molecule has 1 fully saturated rings. The van der Waals surface area contributed by atoms with Crippen LogP contribution in [0.1, 0.15) is 79.8 Å². The van der Waals surface area contributed by atoms with Gasteiger partial charge in [-0.05, 0) is 92.5 Å². The minimum absolute atomic E-state index is 0.0695. The third-order valence-electron chi connectivity index (χ3n) is 10.3. The minimum Gasteiger partial charge on any atom is -0.381 e. The van der Waals surface area contributed by atoms with E-state index in [2.05, 4.69) is 41.3 Å². The fourth-order valence-electron chi connectivity index (χ4n) is 7.69. The number of pyridine rings is 3. The molecule has 2 aliphatic heterocycles. The molecule has 0 spiro atoms. The fourth-order valence-corrected chi connectivity index (χ4v) is 11.1. The third-order valence-corrected chi connectivity index (χ3v) is 13.3. The average Bonchev–Trinajstić information content (AvgIpc) is 3.78. The maximum absolute atomic E-state index is 14.2. The van der Waals surface area contributed by atoms with E-state index in [-0.39, 0.29) is 23.6 Å². The first-order valence-corrected chi connectivity index (χ1v) is 19.5. The molecule has 1 aliphatic carbocycles. The summed E-state index contributed by atoms with van der Waals surface area (Å²) in [7, 11) is -3.63. The summed E-state index contributed by atoms with van der Waals surface area (Å²) >= 11 is 1.59.